The van der Waals surface area contributed by atoms with E-state index in [0.29, 0.717) is 6.04 Å². The molecule has 2 aliphatic rings. The molecule has 2 rings (SSSR count). The fourth-order valence-electron chi connectivity index (χ4n) is 3.34. The quantitative estimate of drug-likeness (QED) is 0.737. The van der Waals surface area contributed by atoms with Crippen LogP contribution in [0.25, 0.3) is 0 Å². The van der Waals surface area contributed by atoms with Crippen molar-refractivity contribution in [2.75, 3.05) is 6.54 Å². The molecule has 1 saturated carbocycles. The van der Waals surface area contributed by atoms with E-state index in [1.807, 2.05) is 6.92 Å². The molecule has 1 fully saturated rings. The summed E-state index contributed by atoms with van der Waals surface area (Å²) < 4.78 is 0. The molecule has 0 bridgehead atoms. The van der Waals surface area contributed by atoms with Crippen molar-refractivity contribution in [2.24, 2.45) is 5.92 Å². The number of aliphatic hydroxyl groups is 1. The van der Waals surface area contributed by atoms with Crippen molar-refractivity contribution < 1.29 is 5.11 Å². The van der Waals surface area contributed by atoms with Gasteiger partial charge in [0.25, 0.3) is 0 Å². The molecule has 2 nitrogen and oxygen atoms in total. The number of nitrogens with one attached hydrogen (secondary N) is 1. The summed E-state index contributed by atoms with van der Waals surface area (Å²) in [5, 5.41) is 13.0. The Hall–Kier alpha value is -0.340. The van der Waals surface area contributed by atoms with Gasteiger partial charge in [-0.1, -0.05) is 24.5 Å². The summed E-state index contributed by atoms with van der Waals surface area (Å²) in [5.74, 6) is 0.753. The number of hydrogen-bond donors (Lipinski definition) is 2. The zero-order chi connectivity index (χ0) is 12.1. The van der Waals surface area contributed by atoms with E-state index < -0.39 is 0 Å². The van der Waals surface area contributed by atoms with Crippen LogP contribution in [-0.4, -0.2) is 23.8 Å². The monoisotopic (exact) mass is 237 g/mol. The molecule has 0 amide bonds. The average molecular weight is 237 g/mol. The third kappa shape index (κ3) is 3.82. The van der Waals surface area contributed by atoms with E-state index in [-0.39, 0.29) is 6.10 Å². The molecule has 2 N–H and O–H groups in total. The maximum Gasteiger partial charge on any atom is 0.0636 e. The molecule has 98 valence electrons. The van der Waals surface area contributed by atoms with Crippen molar-refractivity contribution in [3.8, 4) is 0 Å². The number of rotatable bonds is 4. The van der Waals surface area contributed by atoms with Crippen LogP contribution in [0.4, 0.5) is 0 Å². The first kappa shape index (κ1) is 13.1. The average Bonchev–Trinajstić information content (AvgIpc) is 2.38. The molecule has 0 heterocycles. The summed E-state index contributed by atoms with van der Waals surface area (Å²) in [6, 6.07) is 0.614. The van der Waals surface area contributed by atoms with E-state index in [0.717, 1.165) is 12.5 Å². The van der Waals surface area contributed by atoms with Crippen molar-refractivity contribution in [3.05, 3.63) is 11.6 Å². The SMILES string of the molecule is CC(O)CNC1CCCCC1C1=CCCCC1. The molecule has 3 atom stereocenters. The van der Waals surface area contributed by atoms with Gasteiger partial charge in [-0.05, 0) is 51.4 Å². The molecule has 0 radical (unpaired) electrons. The van der Waals surface area contributed by atoms with Gasteiger partial charge in [0.15, 0.2) is 0 Å². The Bertz CT molecular complexity index is 260. The number of hydrogen-bond acceptors (Lipinski definition) is 2. The minimum absolute atomic E-state index is 0.224. The lowest BCUT2D eigenvalue weighted by atomic mass is 9.76. The molecule has 0 aromatic carbocycles. The lowest BCUT2D eigenvalue weighted by Gasteiger charge is -2.35. The van der Waals surface area contributed by atoms with Crippen LogP contribution in [0.1, 0.15) is 58.3 Å². The van der Waals surface area contributed by atoms with E-state index in [4.69, 9.17) is 0 Å². The highest BCUT2D eigenvalue weighted by atomic mass is 16.3. The topological polar surface area (TPSA) is 32.3 Å². The molecular formula is C15H27NO. The van der Waals surface area contributed by atoms with Crippen LogP contribution in [0.5, 0.6) is 0 Å². The van der Waals surface area contributed by atoms with E-state index in [9.17, 15) is 5.11 Å². The van der Waals surface area contributed by atoms with Crippen LogP contribution in [0.3, 0.4) is 0 Å². The minimum atomic E-state index is -0.224. The first-order chi connectivity index (χ1) is 8.27. The minimum Gasteiger partial charge on any atom is -0.392 e. The van der Waals surface area contributed by atoms with Gasteiger partial charge in [-0.25, -0.2) is 0 Å². The van der Waals surface area contributed by atoms with Crippen LogP contribution in [0, 0.1) is 5.92 Å². The van der Waals surface area contributed by atoms with Crippen molar-refractivity contribution in [2.45, 2.75) is 70.4 Å². The second-order valence-electron chi connectivity index (χ2n) is 5.78. The van der Waals surface area contributed by atoms with E-state index >= 15 is 0 Å². The van der Waals surface area contributed by atoms with Gasteiger partial charge in [-0.2, -0.15) is 0 Å². The Morgan fingerprint density at radius 2 is 2.12 bits per heavy atom. The maximum atomic E-state index is 9.40. The van der Waals surface area contributed by atoms with E-state index in [1.54, 1.807) is 5.57 Å². The predicted molar refractivity (Wildman–Crippen MR) is 72.0 cm³/mol. The number of allylic oxidation sites excluding steroid dienone is 1. The zero-order valence-electron chi connectivity index (χ0n) is 11.1. The summed E-state index contributed by atoms with van der Waals surface area (Å²) in [4.78, 5) is 0. The molecule has 0 aliphatic heterocycles. The molecule has 0 aromatic rings. The summed E-state index contributed by atoms with van der Waals surface area (Å²) in [6.07, 6.45) is 13.0. The molecular weight excluding hydrogens is 210 g/mol. The molecule has 17 heavy (non-hydrogen) atoms. The van der Waals surface area contributed by atoms with Crippen molar-refractivity contribution in [1.29, 1.82) is 0 Å². The normalized spacial score (nSPS) is 32.0. The summed E-state index contributed by atoms with van der Waals surface area (Å²) in [7, 11) is 0. The van der Waals surface area contributed by atoms with Crippen molar-refractivity contribution in [3.63, 3.8) is 0 Å². The lowest BCUT2D eigenvalue weighted by Crippen LogP contribution is -2.42. The highest BCUT2D eigenvalue weighted by Gasteiger charge is 2.28. The second-order valence-corrected chi connectivity index (χ2v) is 5.78. The van der Waals surface area contributed by atoms with Gasteiger partial charge in [-0.3, -0.25) is 0 Å². The van der Waals surface area contributed by atoms with Gasteiger partial charge in [0.1, 0.15) is 0 Å². The molecule has 2 aliphatic carbocycles. The Labute approximate surface area is 105 Å². The van der Waals surface area contributed by atoms with Crippen molar-refractivity contribution >= 4 is 0 Å². The van der Waals surface area contributed by atoms with Gasteiger partial charge < -0.3 is 10.4 Å². The zero-order valence-corrected chi connectivity index (χ0v) is 11.1. The second kappa shape index (κ2) is 6.55. The Morgan fingerprint density at radius 3 is 2.82 bits per heavy atom. The molecule has 0 spiro atoms. The number of aliphatic hydroxyl groups excluding tert-OH is 1. The third-order valence-corrected chi connectivity index (χ3v) is 4.24. The highest BCUT2D eigenvalue weighted by Crippen LogP contribution is 2.35. The summed E-state index contributed by atoms with van der Waals surface area (Å²) in [5.41, 5.74) is 1.71. The molecule has 2 heteroatoms. The standard InChI is InChI=1S/C15H27NO/c1-12(17)11-16-15-10-6-5-9-14(15)13-7-3-2-4-8-13/h7,12,14-17H,2-6,8-11H2,1H3. The van der Waals surface area contributed by atoms with Crippen LogP contribution < -0.4 is 5.32 Å². The van der Waals surface area contributed by atoms with Gasteiger partial charge in [0.2, 0.25) is 0 Å². The van der Waals surface area contributed by atoms with E-state index in [1.165, 1.54) is 51.4 Å². The predicted octanol–water partition coefficient (Wildman–Crippen LogP) is 3.02. The largest absolute Gasteiger partial charge is 0.392 e. The van der Waals surface area contributed by atoms with Crippen LogP contribution in [0.2, 0.25) is 0 Å². The first-order valence-electron chi connectivity index (χ1n) is 7.38. The summed E-state index contributed by atoms with van der Waals surface area (Å²) in [6.45, 7) is 2.61. The molecule has 0 aromatic heterocycles. The van der Waals surface area contributed by atoms with Gasteiger partial charge >= 0.3 is 0 Å². The lowest BCUT2D eigenvalue weighted by molar-refractivity contribution is 0.173. The first-order valence-corrected chi connectivity index (χ1v) is 7.38. The molecule has 0 saturated heterocycles. The van der Waals surface area contributed by atoms with Gasteiger partial charge in [0.05, 0.1) is 6.10 Å². The van der Waals surface area contributed by atoms with Crippen LogP contribution in [-0.2, 0) is 0 Å². The fraction of sp³-hybridized carbons (Fsp3) is 0.867. The van der Waals surface area contributed by atoms with E-state index in [2.05, 4.69) is 11.4 Å². The molecule has 3 unspecified atom stereocenters. The Kier molecular flexibility index (Phi) is 5.05. The van der Waals surface area contributed by atoms with Gasteiger partial charge in [0, 0.05) is 12.6 Å². The Morgan fingerprint density at radius 1 is 1.29 bits per heavy atom. The summed E-state index contributed by atoms with van der Waals surface area (Å²) >= 11 is 0. The fourth-order valence-corrected chi connectivity index (χ4v) is 3.34. The van der Waals surface area contributed by atoms with Crippen molar-refractivity contribution in [1.82, 2.24) is 5.32 Å². The maximum absolute atomic E-state index is 9.40. The third-order valence-electron chi connectivity index (χ3n) is 4.24. The smallest absolute Gasteiger partial charge is 0.0636 e. The Balaban J connectivity index is 1.93. The van der Waals surface area contributed by atoms with Crippen LogP contribution >= 0.6 is 0 Å². The van der Waals surface area contributed by atoms with Crippen LogP contribution in [0.15, 0.2) is 11.6 Å². The highest BCUT2D eigenvalue weighted by molar-refractivity contribution is 5.13. The van der Waals surface area contributed by atoms with Gasteiger partial charge in [-0.15, -0.1) is 0 Å².